The summed E-state index contributed by atoms with van der Waals surface area (Å²) in [6.07, 6.45) is 1.07. The lowest BCUT2D eigenvalue weighted by molar-refractivity contribution is 0.473. The van der Waals surface area contributed by atoms with Crippen molar-refractivity contribution in [2.75, 3.05) is 0 Å². The maximum atomic E-state index is 4.76. The highest BCUT2D eigenvalue weighted by Gasteiger charge is 1.89. The Bertz CT molecular complexity index is 165. The highest BCUT2D eigenvalue weighted by Crippen LogP contribution is 2.11. The smallest absolute Gasteiger partial charge is 0.122 e. The van der Waals surface area contributed by atoms with Gasteiger partial charge in [-0.15, -0.1) is 0 Å². The highest BCUT2D eigenvalue weighted by atomic mass is 16.5. The van der Waals surface area contributed by atoms with Crippen LogP contribution in [0.15, 0.2) is 24.3 Å². The minimum atomic E-state index is 0.817. The number of ether oxygens (including phenoxy) is 1. The monoisotopic (exact) mass is 135 g/mol. The first-order valence-corrected chi connectivity index (χ1v) is 3.37. The summed E-state index contributed by atoms with van der Waals surface area (Å²) in [5, 5.41) is 0. The van der Waals surface area contributed by atoms with Gasteiger partial charge in [0.1, 0.15) is 12.9 Å². The van der Waals surface area contributed by atoms with Crippen LogP contribution >= 0.6 is 0 Å². The Morgan fingerprint density at radius 1 is 1.30 bits per heavy atom. The van der Waals surface area contributed by atoms with Gasteiger partial charge in [-0.1, -0.05) is 19.1 Å². The minimum Gasteiger partial charge on any atom is -0.490 e. The lowest BCUT2D eigenvalue weighted by Crippen LogP contribution is -1.81. The maximum Gasteiger partial charge on any atom is 0.122 e. The average Bonchev–Trinajstić information content (AvgIpc) is 2.05. The lowest BCUT2D eigenvalue weighted by Gasteiger charge is -1.98. The summed E-state index contributed by atoms with van der Waals surface area (Å²) in [5.74, 6) is 0.817. The van der Waals surface area contributed by atoms with Gasteiger partial charge in [0.25, 0.3) is 0 Å². The van der Waals surface area contributed by atoms with Crippen LogP contribution in [-0.2, 0) is 6.42 Å². The first-order chi connectivity index (χ1) is 4.86. The van der Waals surface area contributed by atoms with Crippen LogP contribution in [0.4, 0.5) is 0 Å². The Labute approximate surface area is 61.6 Å². The van der Waals surface area contributed by atoms with E-state index < -0.39 is 0 Å². The molecule has 53 valence electrons. The van der Waals surface area contributed by atoms with E-state index in [1.165, 1.54) is 5.56 Å². The van der Waals surface area contributed by atoms with Crippen LogP contribution in [-0.4, -0.2) is 0 Å². The van der Waals surface area contributed by atoms with Gasteiger partial charge in [-0.25, -0.2) is 0 Å². The van der Waals surface area contributed by atoms with Gasteiger partial charge < -0.3 is 4.74 Å². The summed E-state index contributed by atoms with van der Waals surface area (Å²) in [6.45, 7) is 2.13. The number of hydrogen-bond acceptors (Lipinski definition) is 1. The quantitative estimate of drug-likeness (QED) is 0.605. The SMILES string of the molecule is [CH2]Oc1ccc(CC)cc1. The molecule has 1 nitrogen and oxygen atoms in total. The average molecular weight is 135 g/mol. The van der Waals surface area contributed by atoms with Crippen LogP contribution in [0.3, 0.4) is 0 Å². The van der Waals surface area contributed by atoms with E-state index in [9.17, 15) is 0 Å². The number of rotatable bonds is 2. The Hall–Kier alpha value is -0.980. The van der Waals surface area contributed by atoms with E-state index in [2.05, 4.69) is 14.0 Å². The molecular weight excluding hydrogens is 124 g/mol. The van der Waals surface area contributed by atoms with Crippen molar-refractivity contribution in [3.8, 4) is 5.75 Å². The second-order valence-electron chi connectivity index (χ2n) is 2.14. The molecule has 10 heavy (non-hydrogen) atoms. The first-order valence-electron chi connectivity index (χ1n) is 3.37. The van der Waals surface area contributed by atoms with E-state index in [1.54, 1.807) is 0 Å². The number of hydrogen-bond donors (Lipinski definition) is 0. The fourth-order valence-electron chi connectivity index (χ4n) is 0.821. The van der Waals surface area contributed by atoms with Gasteiger partial charge >= 0.3 is 0 Å². The largest absolute Gasteiger partial charge is 0.490 e. The van der Waals surface area contributed by atoms with Gasteiger partial charge in [-0.05, 0) is 24.1 Å². The molecule has 1 aromatic rings. The first kappa shape index (κ1) is 7.13. The molecule has 1 aromatic carbocycles. The molecule has 0 N–H and O–H groups in total. The molecule has 0 aliphatic heterocycles. The topological polar surface area (TPSA) is 9.23 Å². The molecule has 0 saturated carbocycles. The van der Waals surface area contributed by atoms with Crippen molar-refractivity contribution in [3.05, 3.63) is 36.9 Å². The third-order valence-electron chi connectivity index (χ3n) is 1.50. The van der Waals surface area contributed by atoms with Crippen LogP contribution in [0.25, 0.3) is 0 Å². The molecule has 0 fully saturated rings. The molecule has 1 radical (unpaired) electrons. The third-order valence-corrected chi connectivity index (χ3v) is 1.50. The van der Waals surface area contributed by atoms with E-state index >= 15 is 0 Å². The van der Waals surface area contributed by atoms with E-state index in [4.69, 9.17) is 4.74 Å². The molecule has 0 amide bonds. The predicted octanol–water partition coefficient (Wildman–Crippen LogP) is 2.42. The van der Waals surface area contributed by atoms with Crippen LogP contribution in [0, 0.1) is 7.11 Å². The zero-order valence-corrected chi connectivity index (χ0v) is 6.13. The molecule has 0 saturated heterocycles. The summed E-state index contributed by atoms with van der Waals surface area (Å²) in [6, 6.07) is 7.93. The third kappa shape index (κ3) is 1.50. The van der Waals surface area contributed by atoms with Crippen LogP contribution in [0.5, 0.6) is 5.75 Å². The number of aryl methyl sites for hydroxylation is 1. The van der Waals surface area contributed by atoms with E-state index in [0.29, 0.717) is 0 Å². The minimum absolute atomic E-state index is 0.817. The molecule has 0 bridgehead atoms. The van der Waals surface area contributed by atoms with E-state index in [1.807, 2.05) is 24.3 Å². The Morgan fingerprint density at radius 2 is 1.90 bits per heavy atom. The van der Waals surface area contributed by atoms with E-state index in [-0.39, 0.29) is 0 Å². The Kier molecular flexibility index (Phi) is 2.32. The normalized spacial score (nSPS) is 9.40. The maximum absolute atomic E-state index is 4.76. The molecule has 0 aliphatic carbocycles. The fraction of sp³-hybridized carbons (Fsp3) is 0.222. The molecule has 0 unspecified atom stereocenters. The standard InChI is InChI=1S/C9H11O/c1-3-8-4-6-9(10-2)7-5-8/h4-7H,2-3H2,1H3. The molecular formula is C9H11O. The van der Waals surface area contributed by atoms with Gasteiger partial charge in [-0.2, -0.15) is 0 Å². The Morgan fingerprint density at radius 3 is 2.30 bits per heavy atom. The van der Waals surface area contributed by atoms with Gasteiger partial charge in [0.05, 0.1) is 0 Å². The second-order valence-corrected chi connectivity index (χ2v) is 2.14. The zero-order valence-electron chi connectivity index (χ0n) is 6.13. The van der Waals surface area contributed by atoms with Crippen molar-refractivity contribution in [1.82, 2.24) is 0 Å². The molecule has 0 atom stereocenters. The zero-order chi connectivity index (χ0) is 7.40. The van der Waals surface area contributed by atoms with Crippen molar-refractivity contribution in [3.63, 3.8) is 0 Å². The summed E-state index contributed by atoms with van der Waals surface area (Å²) in [5.41, 5.74) is 1.32. The van der Waals surface area contributed by atoms with Crippen molar-refractivity contribution < 1.29 is 4.74 Å². The fourth-order valence-corrected chi connectivity index (χ4v) is 0.821. The molecule has 1 heteroatoms. The summed E-state index contributed by atoms with van der Waals surface area (Å²) < 4.78 is 4.76. The van der Waals surface area contributed by atoms with Crippen LogP contribution in [0.1, 0.15) is 12.5 Å². The Balaban J connectivity index is 2.80. The second kappa shape index (κ2) is 3.25. The van der Waals surface area contributed by atoms with Crippen LogP contribution in [0.2, 0.25) is 0 Å². The van der Waals surface area contributed by atoms with Gasteiger partial charge in [-0.3, -0.25) is 0 Å². The predicted molar refractivity (Wildman–Crippen MR) is 41.8 cm³/mol. The van der Waals surface area contributed by atoms with Crippen molar-refractivity contribution in [2.24, 2.45) is 0 Å². The van der Waals surface area contributed by atoms with Gasteiger partial charge in [0, 0.05) is 0 Å². The van der Waals surface area contributed by atoms with Crippen molar-refractivity contribution in [1.29, 1.82) is 0 Å². The van der Waals surface area contributed by atoms with Gasteiger partial charge in [0.15, 0.2) is 0 Å². The molecule has 0 aromatic heterocycles. The van der Waals surface area contributed by atoms with Gasteiger partial charge in [0.2, 0.25) is 0 Å². The van der Waals surface area contributed by atoms with Crippen molar-refractivity contribution in [2.45, 2.75) is 13.3 Å². The summed E-state index contributed by atoms with van der Waals surface area (Å²) in [7, 11) is 3.31. The number of benzene rings is 1. The van der Waals surface area contributed by atoms with Crippen LogP contribution < -0.4 is 4.74 Å². The summed E-state index contributed by atoms with van der Waals surface area (Å²) >= 11 is 0. The van der Waals surface area contributed by atoms with E-state index in [0.717, 1.165) is 12.2 Å². The highest BCUT2D eigenvalue weighted by molar-refractivity contribution is 5.27. The molecule has 1 rings (SSSR count). The lowest BCUT2D eigenvalue weighted by atomic mass is 10.2. The summed E-state index contributed by atoms with van der Waals surface area (Å²) in [4.78, 5) is 0. The van der Waals surface area contributed by atoms with Crippen molar-refractivity contribution >= 4 is 0 Å². The molecule has 0 heterocycles. The molecule has 0 spiro atoms. The molecule has 0 aliphatic rings.